The van der Waals surface area contributed by atoms with E-state index in [1.165, 1.54) is 0 Å². The Hall–Kier alpha value is -2.10. The summed E-state index contributed by atoms with van der Waals surface area (Å²) in [6, 6.07) is 9.12. The quantitative estimate of drug-likeness (QED) is 0.762. The second-order valence-electron chi connectivity index (χ2n) is 2.75. The van der Waals surface area contributed by atoms with Crippen LogP contribution < -0.4 is 9.47 Å². The average molecular weight is 201 g/mol. The molecule has 0 saturated heterocycles. The van der Waals surface area contributed by atoms with Gasteiger partial charge in [0.1, 0.15) is 11.5 Å². The molecule has 0 aliphatic rings. The number of benzene rings is 1. The van der Waals surface area contributed by atoms with Crippen molar-refractivity contribution in [2.24, 2.45) is 0 Å². The van der Waals surface area contributed by atoms with Gasteiger partial charge >= 0.3 is 6.01 Å². The van der Waals surface area contributed by atoms with Crippen LogP contribution in [0, 0.1) is 6.20 Å². The summed E-state index contributed by atoms with van der Waals surface area (Å²) in [5.74, 6) is 1.36. The first kappa shape index (κ1) is 9.45. The molecule has 75 valence electrons. The van der Waals surface area contributed by atoms with Crippen molar-refractivity contribution in [3.05, 3.63) is 42.7 Å². The van der Waals surface area contributed by atoms with Gasteiger partial charge in [0.25, 0.3) is 0 Å². The lowest BCUT2D eigenvalue weighted by Crippen LogP contribution is -1.90. The zero-order valence-electron chi connectivity index (χ0n) is 8.18. The van der Waals surface area contributed by atoms with Crippen molar-refractivity contribution in [1.82, 2.24) is 9.97 Å². The normalized spacial score (nSPS) is 9.67. The molecular weight excluding hydrogens is 192 g/mol. The van der Waals surface area contributed by atoms with E-state index in [4.69, 9.17) is 9.47 Å². The Morgan fingerprint density at radius 1 is 1.27 bits per heavy atom. The molecule has 1 aromatic carbocycles. The molecule has 2 aromatic rings. The summed E-state index contributed by atoms with van der Waals surface area (Å²) in [5.41, 5.74) is 0. The highest BCUT2D eigenvalue weighted by atomic mass is 16.5. The van der Waals surface area contributed by atoms with E-state index < -0.39 is 0 Å². The fourth-order valence-electron chi connectivity index (χ4n) is 1.07. The number of hydrogen-bond donors (Lipinski definition) is 0. The largest absolute Gasteiger partial charge is 0.497 e. The molecule has 0 N–H and O–H groups in total. The fraction of sp³-hybridized carbons (Fsp3) is 0.0909. The van der Waals surface area contributed by atoms with E-state index in [2.05, 4.69) is 16.2 Å². The smallest absolute Gasteiger partial charge is 0.322 e. The zero-order valence-corrected chi connectivity index (χ0v) is 8.18. The lowest BCUT2D eigenvalue weighted by molar-refractivity contribution is 0.404. The lowest BCUT2D eigenvalue weighted by Gasteiger charge is -2.04. The van der Waals surface area contributed by atoms with Crippen LogP contribution >= 0.6 is 0 Å². The minimum Gasteiger partial charge on any atom is -0.497 e. The maximum absolute atomic E-state index is 5.39. The van der Waals surface area contributed by atoms with Gasteiger partial charge in [0.2, 0.25) is 0 Å². The van der Waals surface area contributed by atoms with Crippen molar-refractivity contribution in [3.8, 4) is 17.5 Å². The van der Waals surface area contributed by atoms with Gasteiger partial charge in [-0.3, -0.25) is 0 Å². The summed E-state index contributed by atoms with van der Waals surface area (Å²) in [6.45, 7) is 0. The molecular formula is C11H9N2O2. The topological polar surface area (TPSA) is 44.2 Å². The molecule has 1 radical (unpaired) electrons. The standard InChI is InChI=1S/C11H9N2O2/c1-14-9-4-2-5-10(8-9)15-11-12-6-3-7-13-11/h2-6,8H,1H3. The molecule has 0 unspecified atom stereocenters. The number of rotatable bonds is 3. The van der Waals surface area contributed by atoms with E-state index in [1.54, 1.807) is 31.5 Å². The SMILES string of the molecule is COc1cccc(Oc2n[c]ccn2)c1. The predicted octanol–water partition coefficient (Wildman–Crippen LogP) is 2.08. The average Bonchev–Trinajstić information content (AvgIpc) is 2.31. The van der Waals surface area contributed by atoms with Crippen molar-refractivity contribution in [2.45, 2.75) is 0 Å². The van der Waals surface area contributed by atoms with Crippen molar-refractivity contribution in [2.75, 3.05) is 7.11 Å². The van der Waals surface area contributed by atoms with Crippen molar-refractivity contribution >= 4 is 0 Å². The van der Waals surface area contributed by atoms with E-state index in [0.29, 0.717) is 5.75 Å². The summed E-state index contributed by atoms with van der Waals surface area (Å²) < 4.78 is 10.5. The molecule has 2 rings (SSSR count). The van der Waals surface area contributed by atoms with Gasteiger partial charge in [0.05, 0.1) is 13.3 Å². The molecule has 0 fully saturated rings. The van der Waals surface area contributed by atoms with Crippen molar-refractivity contribution in [3.63, 3.8) is 0 Å². The Morgan fingerprint density at radius 3 is 2.87 bits per heavy atom. The van der Waals surface area contributed by atoms with Crippen LogP contribution in [0.25, 0.3) is 0 Å². The van der Waals surface area contributed by atoms with Crippen LogP contribution in [-0.4, -0.2) is 17.1 Å². The van der Waals surface area contributed by atoms with Gasteiger partial charge in [0, 0.05) is 12.3 Å². The third-order valence-corrected chi connectivity index (χ3v) is 1.74. The van der Waals surface area contributed by atoms with Crippen molar-refractivity contribution < 1.29 is 9.47 Å². The summed E-state index contributed by atoms with van der Waals surface area (Å²) in [4.78, 5) is 7.75. The first-order chi connectivity index (χ1) is 7.38. The van der Waals surface area contributed by atoms with Gasteiger partial charge in [-0.25, -0.2) is 4.98 Å². The molecule has 1 heterocycles. The molecule has 1 aromatic heterocycles. The second kappa shape index (κ2) is 4.41. The maximum atomic E-state index is 5.39. The van der Waals surface area contributed by atoms with Gasteiger partial charge in [-0.15, -0.1) is 0 Å². The Kier molecular flexibility index (Phi) is 2.78. The lowest BCUT2D eigenvalue weighted by atomic mass is 10.3. The Bertz CT molecular complexity index is 432. The van der Waals surface area contributed by atoms with Crippen LogP contribution in [-0.2, 0) is 0 Å². The number of hydrogen-bond acceptors (Lipinski definition) is 4. The van der Waals surface area contributed by atoms with Crippen LogP contribution in [0.4, 0.5) is 0 Å². The number of methoxy groups -OCH3 is 1. The summed E-state index contributed by atoms with van der Waals surface area (Å²) in [5, 5.41) is 0. The predicted molar refractivity (Wildman–Crippen MR) is 53.9 cm³/mol. The molecule has 0 amide bonds. The second-order valence-corrected chi connectivity index (χ2v) is 2.75. The van der Waals surface area contributed by atoms with Gasteiger partial charge < -0.3 is 9.47 Å². The van der Waals surface area contributed by atoms with Crippen LogP contribution in [0.15, 0.2) is 36.5 Å². The molecule has 0 spiro atoms. The Labute approximate surface area is 87.5 Å². The van der Waals surface area contributed by atoms with E-state index in [0.717, 1.165) is 5.75 Å². The summed E-state index contributed by atoms with van der Waals surface area (Å²) in [7, 11) is 1.60. The Morgan fingerprint density at radius 2 is 2.13 bits per heavy atom. The monoisotopic (exact) mass is 201 g/mol. The minimum atomic E-state index is 0.269. The highest BCUT2D eigenvalue weighted by molar-refractivity contribution is 5.34. The first-order valence-corrected chi connectivity index (χ1v) is 4.39. The molecule has 0 aliphatic heterocycles. The van der Waals surface area contributed by atoms with Crippen LogP contribution in [0.3, 0.4) is 0 Å². The number of aromatic nitrogens is 2. The van der Waals surface area contributed by atoms with Gasteiger partial charge in [-0.1, -0.05) is 6.07 Å². The van der Waals surface area contributed by atoms with E-state index in [9.17, 15) is 0 Å². The van der Waals surface area contributed by atoms with Crippen LogP contribution in [0.5, 0.6) is 17.5 Å². The highest BCUT2D eigenvalue weighted by Crippen LogP contribution is 2.22. The van der Waals surface area contributed by atoms with E-state index in [1.807, 2.05) is 12.1 Å². The number of nitrogens with zero attached hydrogens (tertiary/aromatic N) is 2. The van der Waals surface area contributed by atoms with E-state index >= 15 is 0 Å². The molecule has 0 aliphatic carbocycles. The molecule has 15 heavy (non-hydrogen) atoms. The third-order valence-electron chi connectivity index (χ3n) is 1.74. The summed E-state index contributed by atoms with van der Waals surface area (Å²) >= 11 is 0. The molecule has 0 bridgehead atoms. The maximum Gasteiger partial charge on any atom is 0.322 e. The number of ether oxygens (including phenoxy) is 2. The van der Waals surface area contributed by atoms with Gasteiger partial charge in [-0.2, -0.15) is 4.98 Å². The Balaban J connectivity index is 2.17. The third kappa shape index (κ3) is 2.43. The van der Waals surface area contributed by atoms with Gasteiger partial charge in [-0.05, 0) is 18.2 Å². The molecule has 0 atom stereocenters. The summed E-state index contributed by atoms with van der Waals surface area (Å²) in [6.07, 6.45) is 4.21. The first-order valence-electron chi connectivity index (χ1n) is 4.39. The highest BCUT2D eigenvalue weighted by Gasteiger charge is 1.99. The van der Waals surface area contributed by atoms with Crippen LogP contribution in [0.2, 0.25) is 0 Å². The minimum absolute atomic E-state index is 0.269. The zero-order chi connectivity index (χ0) is 10.5. The molecule has 4 heteroatoms. The van der Waals surface area contributed by atoms with E-state index in [-0.39, 0.29) is 6.01 Å². The van der Waals surface area contributed by atoms with Crippen molar-refractivity contribution in [1.29, 1.82) is 0 Å². The molecule has 4 nitrogen and oxygen atoms in total. The van der Waals surface area contributed by atoms with Crippen LogP contribution in [0.1, 0.15) is 0 Å². The van der Waals surface area contributed by atoms with Gasteiger partial charge in [0.15, 0.2) is 0 Å². The fourth-order valence-corrected chi connectivity index (χ4v) is 1.07. The molecule has 0 saturated carbocycles.